The maximum atomic E-state index is 11.0. The minimum Gasteiger partial charge on any atom is -0.437 e. The van der Waals surface area contributed by atoms with Crippen LogP contribution in [0.1, 0.15) is 30.5 Å². The lowest BCUT2D eigenvalue weighted by Crippen LogP contribution is -2.28. The molecule has 0 fully saturated rings. The van der Waals surface area contributed by atoms with Gasteiger partial charge in [-0.15, -0.1) is 0 Å². The van der Waals surface area contributed by atoms with Crippen LogP contribution in [0.4, 0.5) is 0 Å². The monoisotopic (exact) mass is 406 g/mol. The van der Waals surface area contributed by atoms with Gasteiger partial charge in [-0.1, -0.05) is 60.2 Å². The second-order valence-electron chi connectivity index (χ2n) is 6.81. The quantitative estimate of drug-likeness (QED) is 0.551. The number of carbonyl (C=O) groups excluding carboxylic acids is 1. The molecule has 0 unspecified atom stereocenters. The molecule has 1 N–H and O–H groups in total. The van der Waals surface area contributed by atoms with Gasteiger partial charge in [0.15, 0.2) is 0 Å². The van der Waals surface area contributed by atoms with Crippen LogP contribution in [0.5, 0.6) is 11.6 Å². The van der Waals surface area contributed by atoms with Crippen LogP contribution in [0.15, 0.2) is 72.9 Å². The van der Waals surface area contributed by atoms with Gasteiger partial charge in [-0.3, -0.25) is 4.79 Å². The highest BCUT2D eigenvalue weighted by Crippen LogP contribution is 2.30. The number of halogens is 1. The van der Waals surface area contributed by atoms with Crippen molar-refractivity contribution in [3.05, 3.63) is 94.6 Å². The van der Waals surface area contributed by atoms with Crippen molar-refractivity contribution < 1.29 is 9.53 Å². The van der Waals surface area contributed by atoms with E-state index in [2.05, 4.69) is 22.4 Å². The molecule has 0 aliphatic carbocycles. The Morgan fingerprint density at radius 1 is 1.14 bits per heavy atom. The maximum absolute atomic E-state index is 11.0. The number of amides is 1. The molecule has 1 amide bonds. The largest absolute Gasteiger partial charge is 0.437 e. The smallest absolute Gasteiger partial charge is 0.219 e. The molecule has 29 heavy (non-hydrogen) atoms. The summed E-state index contributed by atoms with van der Waals surface area (Å²) < 4.78 is 5.82. The summed E-state index contributed by atoms with van der Waals surface area (Å²) in [6.07, 6.45) is 6.34. The first-order valence-electron chi connectivity index (χ1n) is 9.41. The summed E-state index contributed by atoms with van der Waals surface area (Å²) >= 11 is 6.40. The predicted octanol–water partition coefficient (Wildman–Crippen LogP) is 5.66. The minimum absolute atomic E-state index is 0.0448. The van der Waals surface area contributed by atoms with Gasteiger partial charge in [0.2, 0.25) is 11.8 Å². The van der Waals surface area contributed by atoms with Crippen molar-refractivity contribution in [3.8, 4) is 11.6 Å². The van der Waals surface area contributed by atoms with Gasteiger partial charge >= 0.3 is 0 Å². The van der Waals surface area contributed by atoms with E-state index in [1.54, 1.807) is 12.3 Å². The molecule has 0 radical (unpaired) electrons. The summed E-state index contributed by atoms with van der Waals surface area (Å²) in [5, 5.41) is 3.35. The molecule has 1 heterocycles. The Labute approximate surface area is 176 Å². The molecule has 2 aromatic carbocycles. The Morgan fingerprint density at radius 3 is 2.59 bits per heavy atom. The highest BCUT2D eigenvalue weighted by Gasteiger charge is 2.06. The van der Waals surface area contributed by atoms with Crippen molar-refractivity contribution in [1.29, 1.82) is 0 Å². The molecule has 148 valence electrons. The first-order valence-corrected chi connectivity index (χ1v) is 9.79. The third-order valence-electron chi connectivity index (χ3n) is 4.23. The summed E-state index contributed by atoms with van der Waals surface area (Å²) in [7, 11) is 0. The van der Waals surface area contributed by atoms with Gasteiger partial charge in [-0.25, -0.2) is 4.98 Å². The van der Waals surface area contributed by atoms with Gasteiger partial charge in [0.05, 0.1) is 5.02 Å². The number of benzene rings is 2. The van der Waals surface area contributed by atoms with E-state index in [0.717, 1.165) is 17.5 Å². The number of hydrogen-bond acceptors (Lipinski definition) is 3. The number of nitrogens with one attached hydrogen (secondary N) is 1. The summed E-state index contributed by atoms with van der Waals surface area (Å²) in [5.41, 5.74) is 3.27. The van der Waals surface area contributed by atoms with Crippen molar-refractivity contribution >= 4 is 23.6 Å². The van der Waals surface area contributed by atoms with Gasteiger partial charge in [-0.2, -0.15) is 0 Å². The zero-order valence-electron chi connectivity index (χ0n) is 16.4. The average molecular weight is 407 g/mol. The molecule has 1 aromatic heterocycles. The van der Waals surface area contributed by atoms with E-state index in [-0.39, 0.29) is 11.9 Å². The van der Waals surface area contributed by atoms with E-state index in [0.29, 0.717) is 16.7 Å². The van der Waals surface area contributed by atoms with Crippen LogP contribution in [0, 0.1) is 0 Å². The van der Waals surface area contributed by atoms with Crippen LogP contribution >= 0.6 is 11.6 Å². The lowest BCUT2D eigenvalue weighted by Gasteiger charge is -2.09. The fourth-order valence-corrected chi connectivity index (χ4v) is 3.10. The molecule has 0 saturated heterocycles. The van der Waals surface area contributed by atoms with Gasteiger partial charge in [-0.05, 0) is 48.2 Å². The standard InChI is InChI=1S/C24H23ClN2O2/c1-17(27-18(2)28)8-9-20-11-13-24(26-16-20)29-23-12-10-21(15-22(23)25)14-19-6-4-3-5-7-19/h3-13,15-17H,14H2,1-2H3,(H,27,28)/b9-8+/t17-/m0/s1. The maximum Gasteiger partial charge on any atom is 0.219 e. The Balaban J connectivity index is 1.62. The van der Waals surface area contributed by atoms with Crippen LogP contribution in [-0.2, 0) is 11.2 Å². The molecule has 1 atom stereocenters. The average Bonchev–Trinajstić information content (AvgIpc) is 2.70. The van der Waals surface area contributed by atoms with E-state index < -0.39 is 0 Å². The number of aromatic nitrogens is 1. The van der Waals surface area contributed by atoms with Gasteiger partial charge in [0, 0.05) is 25.2 Å². The Bertz CT molecular complexity index is 986. The SMILES string of the molecule is CC(=O)N[C@@H](C)/C=C/c1ccc(Oc2ccc(Cc3ccccc3)cc2Cl)nc1. The summed E-state index contributed by atoms with van der Waals surface area (Å²) in [5.74, 6) is 0.976. The number of nitrogens with zero attached hydrogens (tertiary/aromatic N) is 1. The summed E-state index contributed by atoms with van der Waals surface area (Å²) in [6.45, 7) is 3.41. The van der Waals surface area contributed by atoms with Crippen LogP contribution < -0.4 is 10.1 Å². The van der Waals surface area contributed by atoms with E-state index in [1.165, 1.54) is 12.5 Å². The number of pyridine rings is 1. The number of hydrogen-bond donors (Lipinski definition) is 1. The topological polar surface area (TPSA) is 51.2 Å². The molecule has 3 rings (SSSR count). The Hall–Kier alpha value is -3.11. The highest BCUT2D eigenvalue weighted by atomic mass is 35.5. The summed E-state index contributed by atoms with van der Waals surface area (Å²) in [6, 6.07) is 19.7. The van der Waals surface area contributed by atoms with Crippen molar-refractivity contribution in [2.75, 3.05) is 0 Å². The molecule has 5 heteroatoms. The number of ether oxygens (including phenoxy) is 1. The third-order valence-corrected chi connectivity index (χ3v) is 4.52. The fraction of sp³-hybridized carbons (Fsp3) is 0.167. The third kappa shape index (κ3) is 6.47. The lowest BCUT2D eigenvalue weighted by molar-refractivity contribution is -0.119. The first kappa shape index (κ1) is 20.6. The van der Waals surface area contributed by atoms with Crippen LogP contribution in [-0.4, -0.2) is 16.9 Å². The molecule has 0 saturated carbocycles. The molecule has 0 spiro atoms. The molecule has 0 aliphatic rings. The molecule has 4 nitrogen and oxygen atoms in total. The van der Waals surface area contributed by atoms with Crippen molar-refractivity contribution in [2.45, 2.75) is 26.3 Å². The molecule has 3 aromatic rings. The van der Waals surface area contributed by atoms with E-state index >= 15 is 0 Å². The predicted molar refractivity (Wildman–Crippen MR) is 117 cm³/mol. The summed E-state index contributed by atoms with van der Waals surface area (Å²) in [4.78, 5) is 15.4. The molecule has 0 aliphatic heterocycles. The van der Waals surface area contributed by atoms with Gasteiger partial charge in [0.1, 0.15) is 5.75 Å². The van der Waals surface area contributed by atoms with E-state index in [9.17, 15) is 4.79 Å². The Kier molecular flexibility index (Phi) is 7.04. The zero-order chi connectivity index (χ0) is 20.6. The second-order valence-corrected chi connectivity index (χ2v) is 7.21. The van der Waals surface area contributed by atoms with E-state index in [4.69, 9.17) is 16.3 Å². The van der Waals surface area contributed by atoms with Crippen molar-refractivity contribution in [3.63, 3.8) is 0 Å². The molecule has 0 bridgehead atoms. The minimum atomic E-state index is -0.0595. The van der Waals surface area contributed by atoms with E-state index in [1.807, 2.05) is 61.5 Å². The van der Waals surface area contributed by atoms with Crippen molar-refractivity contribution in [1.82, 2.24) is 10.3 Å². The zero-order valence-corrected chi connectivity index (χ0v) is 17.2. The van der Waals surface area contributed by atoms with Crippen molar-refractivity contribution in [2.24, 2.45) is 0 Å². The fourth-order valence-electron chi connectivity index (χ4n) is 2.86. The van der Waals surface area contributed by atoms with Gasteiger partial charge in [0.25, 0.3) is 0 Å². The highest BCUT2D eigenvalue weighted by molar-refractivity contribution is 6.32. The van der Waals surface area contributed by atoms with Crippen LogP contribution in [0.3, 0.4) is 0 Å². The molecular formula is C24H23ClN2O2. The number of carbonyl (C=O) groups is 1. The second kappa shape index (κ2) is 9.89. The normalized spacial score (nSPS) is 12.0. The Morgan fingerprint density at radius 2 is 1.93 bits per heavy atom. The first-order chi connectivity index (χ1) is 14.0. The van der Waals surface area contributed by atoms with Crippen LogP contribution in [0.2, 0.25) is 5.02 Å². The lowest BCUT2D eigenvalue weighted by atomic mass is 10.1. The van der Waals surface area contributed by atoms with Crippen LogP contribution in [0.25, 0.3) is 6.08 Å². The van der Waals surface area contributed by atoms with Gasteiger partial charge < -0.3 is 10.1 Å². The molecular weight excluding hydrogens is 384 g/mol. The number of rotatable bonds is 7.